The zero-order chi connectivity index (χ0) is 18.2. The maximum absolute atomic E-state index is 12.7. The molecule has 0 saturated heterocycles. The molecule has 136 valence electrons. The topological polar surface area (TPSA) is 90.9 Å². The number of ether oxygens (including phenoxy) is 1. The zero-order valence-electron chi connectivity index (χ0n) is 13.6. The molecule has 2 heterocycles. The molecule has 0 radical (unpaired) electrons. The molecule has 0 spiro atoms. The molecule has 3 aromatic rings. The molecule has 3 rings (SSSR count). The van der Waals surface area contributed by atoms with Crippen molar-refractivity contribution in [2.24, 2.45) is 0 Å². The minimum absolute atomic E-state index is 0.167. The second-order valence-corrected chi connectivity index (χ2v) is 5.66. The molecule has 0 atom stereocenters. The fourth-order valence-corrected chi connectivity index (χ4v) is 2.83. The Morgan fingerprint density at radius 3 is 2.72 bits per heavy atom. The van der Waals surface area contributed by atoms with E-state index >= 15 is 0 Å². The van der Waals surface area contributed by atoms with Crippen LogP contribution in [0.15, 0.2) is 16.9 Å². The molecule has 3 N–H and O–H groups in total. The summed E-state index contributed by atoms with van der Waals surface area (Å²) in [4.78, 5) is 18.5. The van der Waals surface area contributed by atoms with Gasteiger partial charge >= 0.3 is 11.9 Å². The number of hydrogen-bond acceptors (Lipinski definition) is 4. The van der Waals surface area contributed by atoms with Gasteiger partial charge in [0.05, 0.1) is 22.1 Å². The number of aromatic nitrogens is 4. The molecule has 2 aromatic heterocycles. The lowest BCUT2D eigenvalue weighted by Gasteiger charge is -2.09. The number of rotatable bonds is 6. The fraction of sp³-hybridized carbons (Fsp3) is 0.467. The molecule has 10 heteroatoms. The number of nitrogens with two attached hydrogens (primary N) is 1. The molecule has 25 heavy (non-hydrogen) atoms. The van der Waals surface area contributed by atoms with Gasteiger partial charge in [0.25, 0.3) is 0 Å². The summed E-state index contributed by atoms with van der Waals surface area (Å²) in [7, 11) is 0. The summed E-state index contributed by atoms with van der Waals surface area (Å²) in [5.41, 5.74) is 6.67. The van der Waals surface area contributed by atoms with Gasteiger partial charge in [0, 0.05) is 19.8 Å². The first-order valence-electron chi connectivity index (χ1n) is 7.83. The number of aryl methyl sites for hydroxylation is 1. The summed E-state index contributed by atoms with van der Waals surface area (Å²) in [6.07, 6.45) is -3.81. The highest BCUT2D eigenvalue weighted by Gasteiger charge is 2.30. The number of benzene rings is 1. The highest BCUT2D eigenvalue weighted by Crippen LogP contribution is 2.25. The third-order valence-corrected chi connectivity index (χ3v) is 3.88. The number of nitrogens with zero attached hydrogens (tertiary/aromatic N) is 3. The second-order valence-electron chi connectivity index (χ2n) is 5.66. The fourth-order valence-electron chi connectivity index (χ4n) is 2.83. The Balaban J connectivity index is 2.06. The number of aromatic amines is 1. The van der Waals surface area contributed by atoms with Gasteiger partial charge in [-0.1, -0.05) is 0 Å². The van der Waals surface area contributed by atoms with Gasteiger partial charge in [-0.3, -0.25) is 4.57 Å². The van der Waals surface area contributed by atoms with Gasteiger partial charge in [0.2, 0.25) is 5.95 Å². The minimum Gasteiger partial charge on any atom is -0.382 e. The lowest BCUT2D eigenvalue weighted by atomic mass is 10.2. The van der Waals surface area contributed by atoms with Crippen LogP contribution in [-0.4, -0.2) is 38.5 Å². The Bertz CT molecular complexity index is 954. The normalized spacial score (nSPS) is 12.5. The van der Waals surface area contributed by atoms with E-state index in [-0.39, 0.29) is 11.5 Å². The summed E-state index contributed by atoms with van der Waals surface area (Å²) in [6, 6.07) is 3.05. The number of nitrogens with one attached hydrogen (secondary N) is 1. The highest BCUT2D eigenvalue weighted by atomic mass is 19.4. The van der Waals surface area contributed by atoms with Crippen molar-refractivity contribution in [1.29, 1.82) is 0 Å². The van der Waals surface area contributed by atoms with E-state index in [1.807, 2.05) is 6.92 Å². The Labute approximate surface area is 140 Å². The van der Waals surface area contributed by atoms with Gasteiger partial charge in [0.15, 0.2) is 0 Å². The van der Waals surface area contributed by atoms with Crippen molar-refractivity contribution in [3.63, 3.8) is 0 Å². The van der Waals surface area contributed by atoms with Crippen LogP contribution >= 0.6 is 0 Å². The molecule has 0 unspecified atom stereocenters. The predicted molar refractivity (Wildman–Crippen MR) is 87.4 cm³/mol. The van der Waals surface area contributed by atoms with Crippen LogP contribution < -0.4 is 11.4 Å². The number of hydrogen-bond donors (Lipinski definition) is 2. The van der Waals surface area contributed by atoms with E-state index in [1.54, 1.807) is 4.57 Å². The van der Waals surface area contributed by atoms with E-state index in [0.29, 0.717) is 47.3 Å². The summed E-state index contributed by atoms with van der Waals surface area (Å²) in [6.45, 7) is 2.20. The molecule has 0 aliphatic heterocycles. The summed E-state index contributed by atoms with van der Waals surface area (Å²) in [5.74, 6) is 0.267. The van der Waals surface area contributed by atoms with Crippen LogP contribution in [0.2, 0.25) is 0 Å². The molecule has 0 fully saturated rings. The van der Waals surface area contributed by atoms with Gasteiger partial charge in [-0.2, -0.15) is 13.2 Å². The Hall–Kier alpha value is -2.49. The van der Waals surface area contributed by atoms with E-state index in [2.05, 4.69) is 9.97 Å². The van der Waals surface area contributed by atoms with Gasteiger partial charge in [-0.25, -0.2) is 9.78 Å². The smallest absolute Gasteiger partial charge is 0.382 e. The summed E-state index contributed by atoms with van der Waals surface area (Å²) < 4.78 is 45.9. The molecule has 0 bridgehead atoms. The largest absolute Gasteiger partial charge is 0.406 e. The maximum atomic E-state index is 12.7. The van der Waals surface area contributed by atoms with Crippen molar-refractivity contribution in [1.82, 2.24) is 19.1 Å². The number of nitrogen functional groups attached to an aromatic ring is 1. The quantitative estimate of drug-likeness (QED) is 0.662. The molecule has 0 aliphatic rings. The SMILES string of the molecule is CCOCCCn1c(N)nc2cc3[nH]c(=O)n(CC(F)(F)F)c3cc21. The maximum Gasteiger partial charge on any atom is 0.406 e. The summed E-state index contributed by atoms with van der Waals surface area (Å²) >= 11 is 0. The first kappa shape index (κ1) is 17.3. The van der Waals surface area contributed by atoms with Crippen LogP contribution in [0.25, 0.3) is 22.1 Å². The third-order valence-electron chi connectivity index (χ3n) is 3.88. The van der Waals surface area contributed by atoms with Gasteiger partial charge in [0.1, 0.15) is 6.54 Å². The molecular weight excluding hydrogens is 339 g/mol. The molecule has 7 nitrogen and oxygen atoms in total. The van der Waals surface area contributed by atoms with Crippen molar-refractivity contribution in [3.8, 4) is 0 Å². The van der Waals surface area contributed by atoms with Crippen LogP contribution in [0, 0.1) is 0 Å². The molecule has 0 amide bonds. The van der Waals surface area contributed by atoms with Gasteiger partial charge < -0.3 is 20.0 Å². The standard InChI is InChI=1S/C15H18F3N5O2/c1-2-25-5-3-4-22-11-7-12-10(6-9(11)20-13(22)19)21-14(24)23(12)8-15(16,17)18/h6-7H,2-5,8H2,1H3,(H2,19,20)(H,21,24). The Kier molecular flexibility index (Phi) is 4.46. The van der Waals surface area contributed by atoms with E-state index in [1.165, 1.54) is 12.1 Å². The van der Waals surface area contributed by atoms with Crippen molar-refractivity contribution in [2.45, 2.75) is 32.6 Å². The predicted octanol–water partition coefficient (Wildman–Crippen LogP) is 2.25. The van der Waals surface area contributed by atoms with E-state index in [9.17, 15) is 18.0 Å². The van der Waals surface area contributed by atoms with Crippen LogP contribution in [0.3, 0.4) is 0 Å². The van der Waals surface area contributed by atoms with E-state index in [4.69, 9.17) is 10.5 Å². The number of fused-ring (bicyclic) bond motifs is 2. The molecule has 1 aromatic carbocycles. The molecular formula is C15H18F3N5O2. The van der Waals surface area contributed by atoms with E-state index in [0.717, 1.165) is 0 Å². The van der Waals surface area contributed by atoms with Gasteiger partial charge in [-0.05, 0) is 25.5 Å². The first-order chi connectivity index (χ1) is 11.8. The number of alkyl halides is 3. The zero-order valence-corrected chi connectivity index (χ0v) is 13.6. The van der Waals surface area contributed by atoms with Crippen molar-refractivity contribution < 1.29 is 17.9 Å². The van der Waals surface area contributed by atoms with Crippen molar-refractivity contribution in [2.75, 3.05) is 18.9 Å². The Morgan fingerprint density at radius 1 is 1.28 bits per heavy atom. The van der Waals surface area contributed by atoms with Crippen LogP contribution in [-0.2, 0) is 17.8 Å². The number of anilines is 1. The average Bonchev–Trinajstić information content (AvgIpc) is 2.97. The van der Waals surface area contributed by atoms with E-state index < -0.39 is 18.4 Å². The lowest BCUT2D eigenvalue weighted by molar-refractivity contribution is -0.140. The highest BCUT2D eigenvalue weighted by molar-refractivity contribution is 5.92. The lowest BCUT2D eigenvalue weighted by Crippen LogP contribution is -2.26. The minimum atomic E-state index is -4.50. The molecule has 0 saturated carbocycles. The second kappa shape index (κ2) is 6.43. The monoisotopic (exact) mass is 357 g/mol. The molecule has 0 aliphatic carbocycles. The van der Waals surface area contributed by atoms with Crippen molar-refractivity contribution >= 4 is 28.0 Å². The van der Waals surface area contributed by atoms with Crippen LogP contribution in [0.1, 0.15) is 13.3 Å². The van der Waals surface area contributed by atoms with Crippen molar-refractivity contribution in [3.05, 3.63) is 22.6 Å². The number of imidazole rings is 2. The van der Waals surface area contributed by atoms with Crippen LogP contribution in [0.5, 0.6) is 0 Å². The Morgan fingerprint density at radius 2 is 2.04 bits per heavy atom. The average molecular weight is 357 g/mol. The first-order valence-corrected chi connectivity index (χ1v) is 7.83. The number of H-pyrrole nitrogens is 1. The summed E-state index contributed by atoms with van der Waals surface area (Å²) in [5, 5.41) is 0. The third kappa shape index (κ3) is 3.48. The van der Waals surface area contributed by atoms with Crippen LogP contribution in [0.4, 0.5) is 19.1 Å². The number of halogens is 3. The van der Waals surface area contributed by atoms with Gasteiger partial charge in [-0.15, -0.1) is 0 Å².